The summed E-state index contributed by atoms with van der Waals surface area (Å²) in [5, 5.41) is 1.33. The van der Waals surface area contributed by atoms with Gasteiger partial charge in [-0.15, -0.1) is 0 Å². The van der Waals surface area contributed by atoms with Gasteiger partial charge in [0.2, 0.25) is 0 Å². The van der Waals surface area contributed by atoms with Gasteiger partial charge in [0.15, 0.2) is 6.21 Å². The van der Waals surface area contributed by atoms with Crippen LogP contribution in [-0.2, 0) is 7.05 Å². The largest absolute Gasteiger partial charge is 0.347 e. The first-order valence-electron chi connectivity index (χ1n) is 5.16. The van der Waals surface area contributed by atoms with Crippen LogP contribution < -0.4 is 0 Å². The number of benzene rings is 1. The second-order valence-electron chi connectivity index (χ2n) is 4.17. The fraction of sp³-hybridized carbons (Fsp3) is 0.308. The van der Waals surface area contributed by atoms with Crippen LogP contribution in [0, 0.1) is 6.92 Å². The maximum Gasteiger partial charge on any atom is 0.172 e. The zero-order chi connectivity index (χ0) is 11.0. The fourth-order valence-corrected chi connectivity index (χ4v) is 1.97. The average Bonchev–Trinajstić information content (AvgIpc) is 2.44. The molecule has 0 radical (unpaired) electrons. The molecule has 2 rings (SSSR count). The number of aryl methyl sites for hydroxylation is 1. The minimum atomic E-state index is 1.29. The minimum Gasteiger partial charge on any atom is -0.347 e. The van der Waals surface area contributed by atoms with Crippen molar-refractivity contribution < 1.29 is 4.58 Å². The number of para-hydroxylation sites is 1. The Morgan fingerprint density at radius 1 is 1.20 bits per heavy atom. The molecule has 0 fully saturated rings. The Kier molecular flexibility index (Phi) is 2.35. The van der Waals surface area contributed by atoms with Crippen molar-refractivity contribution in [3.05, 3.63) is 35.5 Å². The Labute approximate surface area is 90.5 Å². The molecule has 0 unspecified atom stereocenters. The third kappa shape index (κ3) is 1.56. The highest BCUT2D eigenvalue weighted by molar-refractivity contribution is 5.99. The molecule has 15 heavy (non-hydrogen) atoms. The summed E-state index contributed by atoms with van der Waals surface area (Å²) in [6.45, 7) is 2.16. The molecule has 0 saturated heterocycles. The monoisotopic (exact) mass is 201 g/mol. The molecule has 1 aromatic heterocycles. The van der Waals surface area contributed by atoms with E-state index in [-0.39, 0.29) is 0 Å². The third-order valence-electron chi connectivity index (χ3n) is 2.84. The zero-order valence-corrected chi connectivity index (χ0v) is 9.78. The molecular formula is C13H17N2+. The number of rotatable bonds is 1. The molecule has 2 aromatic rings. The van der Waals surface area contributed by atoms with E-state index in [1.165, 1.54) is 22.2 Å². The third-order valence-corrected chi connectivity index (χ3v) is 2.84. The van der Waals surface area contributed by atoms with Crippen molar-refractivity contribution >= 4 is 17.1 Å². The minimum absolute atomic E-state index is 1.29. The summed E-state index contributed by atoms with van der Waals surface area (Å²) in [5.74, 6) is 0. The van der Waals surface area contributed by atoms with Crippen molar-refractivity contribution in [2.75, 3.05) is 14.1 Å². The van der Waals surface area contributed by atoms with E-state index in [4.69, 9.17) is 0 Å². The molecule has 0 saturated carbocycles. The van der Waals surface area contributed by atoms with E-state index < -0.39 is 0 Å². The summed E-state index contributed by atoms with van der Waals surface area (Å²) in [6, 6.07) is 8.52. The van der Waals surface area contributed by atoms with Gasteiger partial charge < -0.3 is 4.57 Å². The topological polar surface area (TPSA) is 7.94 Å². The molecule has 2 nitrogen and oxygen atoms in total. The summed E-state index contributed by atoms with van der Waals surface area (Å²) in [5.41, 5.74) is 3.92. The van der Waals surface area contributed by atoms with Crippen LogP contribution in [-0.4, -0.2) is 29.5 Å². The Morgan fingerprint density at radius 2 is 1.87 bits per heavy atom. The van der Waals surface area contributed by atoms with Crippen molar-refractivity contribution in [2.24, 2.45) is 7.05 Å². The maximum absolute atomic E-state index is 2.24. The summed E-state index contributed by atoms with van der Waals surface area (Å²) in [6.07, 6.45) is 2.18. The molecule has 0 aliphatic rings. The molecular weight excluding hydrogens is 184 g/mol. The maximum atomic E-state index is 2.24. The molecule has 0 bridgehead atoms. The number of aromatic nitrogens is 1. The van der Waals surface area contributed by atoms with Gasteiger partial charge in [-0.1, -0.05) is 18.2 Å². The first-order valence-corrected chi connectivity index (χ1v) is 5.16. The molecule has 1 heterocycles. The van der Waals surface area contributed by atoms with Crippen LogP contribution in [0.25, 0.3) is 10.9 Å². The Balaban J connectivity index is 2.84. The predicted octanol–water partition coefficient (Wildman–Crippen LogP) is 2.18. The van der Waals surface area contributed by atoms with E-state index in [9.17, 15) is 0 Å². The summed E-state index contributed by atoms with van der Waals surface area (Å²) >= 11 is 0. The quantitative estimate of drug-likeness (QED) is 0.493. The molecule has 0 N–H and O–H groups in total. The van der Waals surface area contributed by atoms with Gasteiger partial charge in [-0.05, 0) is 13.0 Å². The normalized spacial score (nSPS) is 10.7. The lowest BCUT2D eigenvalue weighted by Gasteiger charge is -1.96. The lowest BCUT2D eigenvalue weighted by molar-refractivity contribution is -0.458. The van der Waals surface area contributed by atoms with E-state index >= 15 is 0 Å². The van der Waals surface area contributed by atoms with E-state index in [0.717, 1.165) is 0 Å². The van der Waals surface area contributed by atoms with Gasteiger partial charge in [0, 0.05) is 23.6 Å². The molecule has 0 aliphatic heterocycles. The van der Waals surface area contributed by atoms with E-state index in [1.54, 1.807) is 0 Å². The highest BCUT2D eigenvalue weighted by Gasteiger charge is 2.11. The van der Waals surface area contributed by atoms with Crippen LogP contribution in [0.3, 0.4) is 0 Å². The SMILES string of the molecule is Cc1c(C=[N+](C)C)c2ccccc2n1C. The molecule has 1 aromatic carbocycles. The molecule has 0 aliphatic carbocycles. The summed E-state index contributed by atoms with van der Waals surface area (Å²) in [7, 11) is 6.23. The van der Waals surface area contributed by atoms with Crippen LogP contribution in [0.15, 0.2) is 24.3 Å². The highest BCUT2D eigenvalue weighted by atomic mass is 15.0. The second kappa shape index (κ2) is 3.54. The van der Waals surface area contributed by atoms with Gasteiger partial charge in [-0.25, -0.2) is 4.58 Å². The van der Waals surface area contributed by atoms with E-state index in [1.807, 2.05) is 0 Å². The predicted molar refractivity (Wildman–Crippen MR) is 64.9 cm³/mol. The average molecular weight is 201 g/mol. The van der Waals surface area contributed by atoms with Crippen molar-refractivity contribution in [3.8, 4) is 0 Å². The smallest absolute Gasteiger partial charge is 0.172 e. The lowest BCUT2D eigenvalue weighted by atomic mass is 10.1. The van der Waals surface area contributed by atoms with Crippen molar-refractivity contribution in [1.29, 1.82) is 0 Å². The molecule has 78 valence electrons. The number of hydrogen-bond donors (Lipinski definition) is 0. The van der Waals surface area contributed by atoms with E-state index in [2.05, 4.69) is 67.7 Å². The van der Waals surface area contributed by atoms with Gasteiger partial charge in [-0.3, -0.25) is 0 Å². The van der Waals surface area contributed by atoms with Crippen LogP contribution in [0.5, 0.6) is 0 Å². The fourth-order valence-electron chi connectivity index (χ4n) is 1.97. The molecule has 0 amide bonds. The first-order chi connectivity index (χ1) is 7.11. The van der Waals surface area contributed by atoms with E-state index in [0.29, 0.717) is 0 Å². The molecule has 0 atom stereocenters. The molecule has 0 spiro atoms. The van der Waals surface area contributed by atoms with Gasteiger partial charge in [0.05, 0.1) is 5.56 Å². The van der Waals surface area contributed by atoms with Crippen LogP contribution in [0.2, 0.25) is 0 Å². The zero-order valence-electron chi connectivity index (χ0n) is 9.78. The van der Waals surface area contributed by atoms with Gasteiger partial charge in [0.25, 0.3) is 0 Å². The Morgan fingerprint density at radius 3 is 2.53 bits per heavy atom. The van der Waals surface area contributed by atoms with Gasteiger partial charge in [0.1, 0.15) is 14.1 Å². The van der Waals surface area contributed by atoms with Crippen molar-refractivity contribution in [1.82, 2.24) is 4.57 Å². The number of hydrogen-bond acceptors (Lipinski definition) is 0. The second-order valence-corrected chi connectivity index (χ2v) is 4.17. The van der Waals surface area contributed by atoms with Crippen molar-refractivity contribution in [3.63, 3.8) is 0 Å². The van der Waals surface area contributed by atoms with Crippen LogP contribution >= 0.6 is 0 Å². The van der Waals surface area contributed by atoms with Gasteiger partial charge in [-0.2, -0.15) is 0 Å². The Hall–Kier alpha value is -1.57. The van der Waals surface area contributed by atoms with Gasteiger partial charge >= 0.3 is 0 Å². The number of nitrogens with zero attached hydrogens (tertiary/aromatic N) is 2. The van der Waals surface area contributed by atoms with Crippen molar-refractivity contribution in [2.45, 2.75) is 6.92 Å². The standard InChI is InChI=1S/C13H17N2/c1-10-12(9-14(2)3)11-7-5-6-8-13(11)15(10)4/h5-9H,1-4H3/q+1. The summed E-state index contributed by atoms with van der Waals surface area (Å²) in [4.78, 5) is 0. The molecule has 2 heteroatoms. The first kappa shape index (κ1) is 9.97. The number of fused-ring (bicyclic) bond motifs is 1. The lowest BCUT2D eigenvalue weighted by Crippen LogP contribution is -2.01. The van der Waals surface area contributed by atoms with Crippen LogP contribution in [0.4, 0.5) is 0 Å². The summed E-state index contributed by atoms with van der Waals surface area (Å²) < 4.78 is 4.33. The highest BCUT2D eigenvalue weighted by Crippen LogP contribution is 2.22. The Bertz CT molecular complexity index is 529. The van der Waals surface area contributed by atoms with Crippen LogP contribution in [0.1, 0.15) is 11.3 Å².